The Bertz CT molecular complexity index is 788. The van der Waals surface area contributed by atoms with Crippen LogP contribution in [0.3, 0.4) is 0 Å². The zero-order chi connectivity index (χ0) is 17.5. The van der Waals surface area contributed by atoms with Crippen molar-refractivity contribution in [2.24, 2.45) is 5.10 Å². The summed E-state index contributed by atoms with van der Waals surface area (Å²) in [6.07, 6.45) is 1.35. The molecule has 0 aliphatic rings. The summed E-state index contributed by atoms with van der Waals surface area (Å²) in [5.74, 6) is -1.92. The van der Waals surface area contributed by atoms with Crippen LogP contribution in [0.15, 0.2) is 53.6 Å². The Balaban J connectivity index is 1.88. The molecule has 0 aromatic heterocycles. The minimum absolute atomic E-state index is 0.120. The maximum Gasteiger partial charge on any atom is 0.329 e. The van der Waals surface area contributed by atoms with Crippen LogP contribution in [0.5, 0.6) is 0 Å². The fourth-order valence-electron chi connectivity index (χ4n) is 1.62. The highest BCUT2D eigenvalue weighted by atomic mass is 35.5. The van der Waals surface area contributed by atoms with Crippen molar-refractivity contribution in [2.75, 3.05) is 5.32 Å². The average Bonchev–Trinajstić information content (AvgIpc) is 2.57. The number of nitro benzene ring substituents is 1. The maximum atomic E-state index is 11.7. The highest BCUT2D eigenvalue weighted by Gasteiger charge is 2.13. The number of nitro groups is 1. The number of hydrogen-bond acceptors (Lipinski definition) is 5. The molecule has 2 N–H and O–H groups in total. The van der Waals surface area contributed by atoms with Gasteiger partial charge in [-0.15, -0.1) is 0 Å². The van der Waals surface area contributed by atoms with Crippen molar-refractivity contribution in [3.05, 3.63) is 69.2 Å². The van der Waals surface area contributed by atoms with Gasteiger partial charge in [0.1, 0.15) is 0 Å². The third-order valence-corrected chi connectivity index (χ3v) is 3.04. The highest BCUT2D eigenvalue weighted by Crippen LogP contribution is 2.15. The number of amides is 2. The zero-order valence-electron chi connectivity index (χ0n) is 12.1. The fraction of sp³-hybridized carbons (Fsp3) is 0. The quantitative estimate of drug-likeness (QED) is 0.382. The van der Waals surface area contributed by atoms with Crippen LogP contribution in [-0.2, 0) is 9.59 Å². The third kappa shape index (κ3) is 4.89. The zero-order valence-corrected chi connectivity index (χ0v) is 12.9. The van der Waals surface area contributed by atoms with Gasteiger partial charge >= 0.3 is 11.8 Å². The van der Waals surface area contributed by atoms with E-state index in [1.165, 1.54) is 30.5 Å². The number of anilines is 1. The summed E-state index contributed by atoms with van der Waals surface area (Å²) in [6, 6.07) is 11.8. The summed E-state index contributed by atoms with van der Waals surface area (Å²) in [5.41, 5.74) is 2.89. The van der Waals surface area contributed by atoms with Gasteiger partial charge in [0.15, 0.2) is 0 Å². The molecule has 0 fully saturated rings. The van der Waals surface area contributed by atoms with Crippen molar-refractivity contribution in [1.82, 2.24) is 5.43 Å². The first-order valence-corrected chi connectivity index (χ1v) is 6.98. The molecule has 2 rings (SSSR count). The van der Waals surface area contributed by atoms with Crippen LogP contribution in [0.25, 0.3) is 0 Å². The molecule has 122 valence electrons. The van der Waals surface area contributed by atoms with Gasteiger partial charge in [0.05, 0.1) is 11.1 Å². The molecule has 0 aliphatic heterocycles. The first-order valence-electron chi connectivity index (χ1n) is 6.60. The van der Waals surface area contributed by atoms with E-state index in [0.29, 0.717) is 10.6 Å². The first-order chi connectivity index (χ1) is 11.5. The lowest BCUT2D eigenvalue weighted by Crippen LogP contribution is -2.32. The van der Waals surface area contributed by atoms with Crippen molar-refractivity contribution in [1.29, 1.82) is 0 Å². The summed E-state index contributed by atoms with van der Waals surface area (Å²) >= 11 is 5.74. The third-order valence-electron chi connectivity index (χ3n) is 2.79. The second-order valence-corrected chi connectivity index (χ2v) is 4.95. The molecule has 0 spiro atoms. The van der Waals surface area contributed by atoms with E-state index in [1.807, 2.05) is 0 Å². The molecular weight excluding hydrogens is 336 g/mol. The van der Waals surface area contributed by atoms with E-state index in [-0.39, 0.29) is 11.4 Å². The number of rotatable bonds is 4. The van der Waals surface area contributed by atoms with E-state index < -0.39 is 16.7 Å². The van der Waals surface area contributed by atoms with Crippen molar-refractivity contribution in [3.8, 4) is 0 Å². The van der Waals surface area contributed by atoms with Gasteiger partial charge in [-0.2, -0.15) is 5.10 Å². The Morgan fingerprint density at radius 1 is 1.04 bits per heavy atom. The van der Waals surface area contributed by atoms with Crippen LogP contribution in [-0.4, -0.2) is 23.0 Å². The lowest BCUT2D eigenvalue weighted by atomic mass is 10.2. The Kier molecular flexibility index (Phi) is 5.58. The van der Waals surface area contributed by atoms with Crippen molar-refractivity contribution < 1.29 is 14.5 Å². The summed E-state index contributed by atoms with van der Waals surface area (Å²) in [4.78, 5) is 33.2. The standard InChI is InChI=1S/C15H11ClN4O4/c16-11-3-1-10(2-4-11)9-17-19-15(22)14(21)18-12-5-7-13(8-6-12)20(23)24/h1-9H,(H,18,21)(H,19,22)/b17-9-. The predicted molar refractivity (Wildman–Crippen MR) is 88.9 cm³/mol. The van der Waals surface area contributed by atoms with Crippen LogP contribution in [0, 0.1) is 10.1 Å². The van der Waals surface area contributed by atoms with Gasteiger partial charge in [-0.1, -0.05) is 23.7 Å². The molecule has 0 unspecified atom stereocenters. The summed E-state index contributed by atoms with van der Waals surface area (Å²) in [6.45, 7) is 0. The van der Waals surface area contributed by atoms with E-state index in [2.05, 4.69) is 15.8 Å². The number of hydrogen-bond donors (Lipinski definition) is 2. The van der Waals surface area contributed by atoms with E-state index in [0.717, 1.165) is 0 Å². The Hall–Kier alpha value is -3.26. The van der Waals surface area contributed by atoms with Gasteiger partial charge < -0.3 is 5.32 Å². The molecule has 0 radical (unpaired) electrons. The molecule has 0 atom stereocenters. The second-order valence-electron chi connectivity index (χ2n) is 4.51. The van der Waals surface area contributed by atoms with Gasteiger partial charge in [-0.3, -0.25) is 19.7 Å². The largest absolute Gasteiger partial charge is 0.329 e. The molecule has 9 heteroatoms. The first kappa shape index (κ1) is 17.1. The number of halogens is 1. The predicted octanol–water partition coefficient (Wildman–Crippen LogP) is 2.34. The second kappa shape index (κ2) is 7.84. The van der Waals surface area contributed by atoms with Gasteiger partial charge in [0.2, 0.25) is 0 Å². The van der Waals surface area contributed by atoms with E-state index in [4.69, 9.17) is 11.6 Å². The molecule has 0 aliphatic carbocycles. The maximum absolute atomic E-state index is 11.7. The molecule has 2 aromatic rings. The SMILES string of the molecule is O=C(N/N=C\c1ccc(Cl)cc1)C(=O)Nc1ccc([N+](=O)[O-])cc1. The molecule has 2 aromatic carbocycles. The molecule has 0 bridgehead atoms. The van der Waals surface area contributed by atoms with Crippen LogP contribution in [0.4, 0.5) is 11.4 Å². The number of benzene rings is 2. The van der Waals surface area contributed by atoms with Crippen LogP contribution < -0.4 is 10.7 Å². The highest BCUT2D eigenvalue weighted by molar-refractivity contribution is 6.39. The lowest BCUT2D eigenvalue weighted by Gasteiger charge is -2.03. The number of carbonyl (C=O) groups excluding carboxylic acids is 2. The average molecular weight is 347 g/mol. The summed E-state index contributed by atoms with van der Waals surface area (Å²) in [7, 11) is 0. The minimum Gasteiger partial charge on any atom is -0.318 e. The van der Waals surface area contributed by atoms with Crippen LogP contribution in [0.2, 0.25) is 5.02 Å². The molecule has 24 heavy (non-hydrogen) atoms. The Morgan fingerprint density at radius 2 is 1.67 bits per heavy atom. The molecule has 0 saturated heterocycles. The lowest BCUT2D eigenvalue weighted by molar-refractivity contribution is -0.384. The van der Waals surface area contributed by atoms with Crippen molar-refractivity contribution in [3.63, 3.8) is 0 Å². The number of hydrazone groups is 1. The van der Waals surface area contributed by atoms with Gasteiger partial charge in [-0.05, 0) is 29.8 Å². The van der Waals surface area contributed by atoms with Crippen LogP contribution >= 0.6 is 11.6 Å². The van der Waals surface area contributed by atoms with Crippen molar-refractivity contribution in [2.45, 2.75) is 0 Å². The van der Waals surface area contributed by atoms with Gasteiger partial charge in [0.25, 0.3) is 5.69 Å². The van der Waals surface area contributed by atoms with Gasteiger partial charge in [-0.25, -0.2) is 5.43 Å². The molecule has 2 amide bonds. The van der Waals surface area contributed by atoms with E-state index >= 15 is 0 Å². The summed E-state index contributed by atoms with van der Waals surface area (Å²) in [5, 5.41) is 17.0. The Morgan fingerprint density at radius 3 is 2.25 bits per heavy atom. The number of non-ortho nitro benzene ring substituents is 1. The Labute approximate surface area is 141 Å². The fourth-order valence-corrected chi connectivity index (χ4v) is 1.75. The number of nitrogens with zero attached hydrogens (tertiary/aromatic N) is 2. The normalized spacial score (nSPS) is 10.4. The number of nitrogens with one attached hydrogen (secondary N) is 2. The van der Waals surface area contributed by atoms with E-state index in [1.54, 1.807) is 24.3 Å². The topological polar surface area (TPSA) is 114 Å². The number of carbonyl (C=O) groups is 2. The smallest absolute Gasteiger partial charge is 0.318 e. The molecule has 0 heterocycles. The van der Waals surface area contributed by atoms with Crippen molar-refractivity contribution >= 4 is 41.0 Å². The monoisotopic (exact) mass is 346 g/mol. The molecule has 8 nitrogen and oxygen atoms in total. The molecular formula is C15H11ClN4O4. The minimum atomic E-state index is -0.974. The van der Waals surface area contributed by atoms with Gasteiger partial charge in [0, 0.05) is 22.8 Å². The summed E-state index contributed by atoms with van der Waals surface area (Å²) < 4.78 is 0. The van der Waals surface area contributed by atoms with Crippen LogP contribution in [0.1, 0.15) is 5.56 Å². The van der Waals surface area contributed by atoms with E-state index in [9.17, 15) is 19.7 Å². The molecule has 0 saturated carbocycles.